The number of thiophene rings is 1. The van der Waals surface area contributed by atoms with Crippen LogP contribution in [0.4, 0.5) is 4.39 Å². The van der Waals surface area contributed by atoms with Crippen molar-refractivity contribution in [3.63, 3.8) is 0 Å². The number of carbonyl (C=O) groups is 1. The minimum Gasteiger partial charge on any atom is -0.300 e. The van der Waals surface area contributed by atoms with Gasteiger partial charge in [0.05, 0.1) is 4.88 Å². The zero-order valence-corrected chi connectivity index (χ0v) is 13.2. The summed E-state index contributed by atoms with van der Waals surface area (Å²) in [6, 6.07) is 10.6. The number of nitrogens with zero attached hydrogens (tertiary/aromatic N) is 1. The summed E-state index contributed by atoms with van der Waals surface area (Å²) in [5, 5.41) is 1.92. The number of carbonyl (C=O) groups excluding carboxylic acids is 1. The first-order chi connectivity index (χ1) is 10.1. The molecule has 0 aliphatic rings. The van der Waals surface area contributed by atoms with Crippen molar-refractivity contribution in [3.8, 4) is 0 Å². The van der Waals surface area contributed by atoms with Gasteiger partial charge in [0.1, 0.15) is 5.82 Å². The van der Waals surface area contributed by atoms with Crippen LogP contribution in [0.2, 0.25) is 0 Å². The zero-order valence-electron chi connectivity index (χ0n) is 12.4. The Morgan fingerprint density at radius 1 is 1.29 bits per heavy atom. The van der Waals surface area contributed by atoms with E-state index in [0.717, 1.165) is 17.8 Å². The summed E-state index contributed by atoms with van der Waals surface area (Å²) in [5.41, 5.74) is 0.699. The first-order valence-electron chi connectivity index (χ1n) is 7.11. The van der Waals surface area contributed by atoms with Crippen LogP contribution in [0.25, 0.3) is 0 Å². The van der Waals surface area contributed by atoms with E-state index < -0.39 is 0 Å². The highest BCUT2D eigenvalue weighted by Gasteiger charge is 2.15. The summed E-state index contributed by atoms with van der Waals surface area (Å²) in [6.45, 7) is 2.76. The fourth-order valence-electron chi connectivity index (χ4n) is 2.29. The molecule has 2 rings (SSSR count). The number of benzene rings is 1. The summed E-state index contributed by atoms with van der Waals surface area (Å²) in [5.74, 6) is 0.0171. The molecule has 0 bridgehead atoms. The normalized spacial score (nSPS) is 12.6. The van der Waals surface area contributed by atoms with E-state index in [0.29, 0.717) is 12.0 Å². The van der Waals surface area contributed by atoms with Gasteiger partial charge in [0.15, 0.2) is 5.78 Å². The average molecular weight is 305 g/mol. The molecule has 1 aromatic heterocycles. The van der Waals surface area contributed by atoms with E-state index in [1.165, 1.54) is 17.4 Å². The molecule has 1 aromatic carbocycles. The standard InChI is InChI=1S/C17H20FNOS/c1-13(14-7-3-4-8-15(14)18)19(2)11-5-9-16(20)17-10-6-12-21-17/h3-4,6-8,10,12-13H,5,9,11H2,1-2H3. The lowest BCUT2D eigenvalue weighted by atomic mass is 10.1. The monoisotopic (exact) mass is 305 g/mol. The van der Waals surface area contributed by atoms with E-state index >= 15 is 0 Å². The van der Waals surface area contributed by atoms with E-state index in [-0.39, 0.29) is 17.6 Å². The van der Waals surface area contributed by atoms with Crippen molar-refractivity contribution in [2.45, 2.75) is 25.8 Å². The molecule has 4 heteroatoms. The summed E-state index contributed by atoms with van der Waals surface area (Å²) in [4.78, 5) is 14.8. The predicted octanol–water partition coefficient (Wildman–Crippen LogP) is 4.54. The number of halogens is 1. The molecule has 0 aliphatic carbocycles. The molecule has 0 saturated heterocycles. The van der Waals surface area contributed by atoms with Crippen LogP contribution in [-0.4, -0.2) is 24.3 Å². The Morgan fingerprint density at radius 2 is 2.05 bits per heavy atom. The van der Waals surface area contributed by atoms with Crippen LogP contribution in [-0.2, 0) is 0 Å². The highest BCUT2D eigenvalue weighted by molar-refractivity contribution is 7.12. The summed E-state index contributed by atoms with van der Waals surface area (Å²) in [6.07, 6.45) is 1.32. The Kier molecular flexibility index (Phi) is 5.65. The van der Waals surface area contributed by atoms with Gasteiger partial charge in [0.2, 0.25) is 0 Å². The first-order valence-corrected chi connectivity index (χ1v) is 7.99. The molecule has 0 fully saturated rings. The van der Waals surface area contributed by atoms with Crippen molar-refractivity contribution in [3.05, 3.63) is 58.0 Å². The third kappa shape index (κ3) is 4.22. The number of rotatable bonds is 7. The van der Waals surface area contributed by atoms with Crippen LogP contribution in [0.1, 0.15) is 41.0 Å². The SMILES string of the molecule is CC(c1ccccc1F)N(C)CCCC(=O)c1cccs1. The van der Waals surface area contributed by atoms with E-state index in [2.05, 4.69) is 4.90 Å². The Labute approximate surface area is 129 Å². The van der Waals surface area contributed by atoms with Gasteiger partial charge < -0.3 is 0 Å². The molecule has 0 aliphatic heterocycles. The van der Waals surface area contributed by atoms with E-state index in [4.69, 9.17) is 0 Å². The molecule has 21 heavy (non-hydrogen) atoms. The Balaban J connectivity index is 1.83. The minimum atomic E-state index is -0.175. The number of ketones is 1. The quantitative estimate of drug-likeness (QED) is 0.700. The predicted molar refractivity (Wildman–Crippen MR) is 85.3 cm³/mol. The lowest BCUT2D eigenvalue weighted by molar-refractivity contribution is 0.0977. The fraction of sp³-hybridized carbons (Fsp3) is 0.353. The van der Waals surface area contributed by atoms with Crippen LogP contribution >= 0.6 is 11.3 Å². The number of Topliss-reactive ketones (excluding diaryl/α,β-unsaturated/α-hetero) is 1. The second-order valence-electron chi connectivity index (χ2n) is 5.18. The Morgan fingerprint density at radius 3 is 2.71 bits per heavy atom. The Hall–Kier alpha value is -1.52. The van der Waals surface area contributed by atoms with Crippen LogP contribution in [0.5, 0.6) is 0 Å². The molecule has 1 unspecified atom stereocenters. The third-order valence-electron chi connectivity index (χ3n) is 3.73. The van der Waals surface area contributed by atoms with Gasteiger partial charge in [-0.15, -0.1) is 11.3 Å². The molecule has 112 valence electrons. The van der Waals surface area contributed by atoms with Crippen LogP contribution in [0.3, 0.4) is 0 Å². The lowest BCUT2D eigenvalue weighted by Gasteiger charge is -2.25. The first kappa shape index (κ1) is 15.9. The summed E-state index contributed by atoms with van der Waals surface area (Å²) >= 11 is 1.48. The highest BCUT2D eigenvalue weighted by Crippen LogP contribution is 2.22. The van der Waals surface area contributed by atoms with Gasteiger partial charge in [-0.25, -0.2) is 4.39 Å². The summed E-state index contributed by atoms with van der Waals surface area (Å²) < 4.78 is 13.8. The van der Waals surface area contributed by atoms with E-state index in [1.54, 1.807) is 6.07 Å². The van der Waals surface area contributed by atoms with E-state index in [1.807, 2.05) is 43.6 Å². The maximum atomic E-state index is 13.8. The summed E-state index contributed by atoms with van der Waals surface area (Å²) in [7, 11) is 1.97. The van der Waals surface area contributed by atoms with Gasteiger partial charge in [-0.1, -0.05) is 24.3 Å². The van der Waals surface area contributed by atoms with E-state index in [9.17, 15) is 9.18 Å². The molecule has 0 amide bonds. The zero-order chi connectivity index (χ0) is 15.2. The molecule has 0 radical (unpaired) electrons. The highest BCUT2D eigenvalue weighted by atomic mass is 32.1. The number of hydrogen-bond acceptors (Lipinski definition) is 3. The lowest BCUT2D eigenvalue weighted by Crippen LogP contribution is -2.24. The van der Waals surface area contributed by atoms with Crippen molar-refractivity contribution < 1.29 is 9.18 Å². The second kappa shape index (κ2) is 7.48. The maximum absolute atomic E-state index is 13.8. The average Bonchev–Trinajstić information content (AvgIpc) is 3.01. The fourth-order valence-corrected chi connectivity index (χ4v) is 2.99. The van der Waals surface area contributed by atoms with Gasteiger partial charge in [-0.2, -0.15) is 0 Å². The van der Waals surface area contributed by atoms with Crippen molar-refractivity contribution >= 4 is 17.1 Å². The van der Waals surface area contributed by atoms with Crippen molar-refractivity contribution in [1.29, 1.82) is 0 Å². The molecule has 2 aromatic rings. The number of hydrogen-bond donors (Lipinski definition) is 0. The molecule has 0 spiro atoms. The van der Waals surface area contributed by atoms with Crippen LogP contribution < -0.4 is 0 Å². The van der Waals surface area contributed by atoms with Crippen LogP contribution in [0.15, 0.2) is 41.8 Å². The topological polar surface area (TPSA) is 20.3 Å². The largest absolute Gasteiger partial charge is 0.300 e. The smallest absolute Gasteiger partial charge is 0.172 e. The van der Waals surface area contributed by atoms with Crippen molar-refractivity contribution in [1.82, 2.24) is 4.90 Å². The van der Waals surface area contributed by atoms with Gasteiger partial charge >= 0.3 is 0 Å². The molecule has 0 N–H and O–H groups in total. The van der Waals surface area contributed by atoms with Crippen molar-refractivity contribution in [2.24, 2.45) is 0 Å². The molecular weight excluding hydrogens is 285 g/mol. The van der Waals surface area contributed by atoms with Gasteiger partial charge in [0, 0.05) is 18.0 Å². The molecular formula is C17H20FNOS. The van der Waals surface area contributed by atoms with Gasteiger partial charge in [-0.05, 0) is 44.4 Å². The van der Waals surface area contributed by atoms with Gasteiger partial charge in [-0.3, -0.25) is 9.69 Å². The second-order valence-corrected chi connectivity index (χ2v) is 6.13. The van der Waals surface area contributed by atoms with Gasteiger partial charge in [0.25, 0.3) is 0 Å². The third-order valence-corrected chi connectivity index (χ3v) is 4.64. The maximum Gasteiger partial charge on any atom is 0.172 e. The Bertz CT molecular complexity index is 582. The molecule has 1 atom stereocenters. The molecule has 2 nitrogen and oxygen atoms in total. The molecule has 0 saturated carbocycles. The minimum absolute atomic E-state index is 0.00281. The van der Waals surface area contributed by atoms with Crippen LogP contribution in [0, 0.1) is 5.82 Å². The molecule has 1 heterocycles. The van der Waals surface area contributed by atoms with Crippen molar-refractivity contribution in [2.75, 3.05) is 13.6 Å².